The molecule has 34 heavy (non-hydrogen) atoms. The van der Waals surface area contributed by atoms with E-state index in [-0.39, 0.29) is 0 Å². The number of rotatable bonds is 7. The van der Waals surface area contributed by atoms with E-state index in [4.69, 9.17) is 9.72 Å². The number of para-hydroxylation sites is 1. The summed E-state index contributed by atoms with van der Waals surface area (Å²) in [5, 5.41) is 13.0. The average molecular weight is 470 g/mol. The maximum atomic E-state index is 6.42. The number of thioether (sulfide) groups is 1. The van der Waals surface area contributed by atoms with Crippen molar-refractivity contribution in [2.75, 3.05) is 23.3 Å². The molecular weight excluding hydrogens is 442 g/mol. The largest absolute Gasteiger partial charge is 0.448 e. The van der Waals surface area contributed by atoms with Crippen LogP contribution in [0.25, 0.3) is 11.3 Å². The summed E-state index contributed by atoms with van der Waals surface area (Å²) in [6, 6.07) is 26.8. The van der Waals surface area contributed by atoms with E-state index in [0.29, 0.717) is 16.7 Å². The van der Waals surface area contributed by atoms with Crippen molar-refractivity contribution < 1.29 is 4.74 Å². The van der Waals surface area contributed by atoms with Gasteiger partial charge in [0.25, 0.3) is 0 Å². The lowest BCUT2D eigenvalue weighted by Gasteiger charge is -2.23. The molecule has 5 rings (SSSR count). The summed E-state index contributed by atoms with van der Waals surface area (Å²) >= 11 is 1.55. The molecule has 0 bridgehead atoms. The van der Waals surface area contributed by atoms with E-state index < -0.39 is 6.23 Å². The molecule has 172 valence electrons. The Balaban J connectivity index is 1.45. The first-order valence-corrected chi connectivity index (χ1v) is 12.5. The summed E-state index contributed by atoms with van der Waals surface area (Å²) in [5.41, 5.74) is 5.96. The number of hydrogen-bond acceptors (Lipinski definition) is 7. The molecule has 0 amide bonds. The maximum absolute atomic E-state index is 6.42. The standard InChI is InChI=1S/C27H27N5OS/c1-3-32(4-2)21-16-14-20(15-17-21)25-28-23-13-9-8-12-22(23)24-26(33-25)29-27(31-30-24)34-18-19-10-6-5-7-11-19/h5-17,25,28H,3-4,18H2,1-2H3. The smallest absolute Gasteiger partial charge is 0.247 e. The van der Waals surface area contributed by atoms with E-state index in [2.05, 4.69) is 70.7 Å². The second-order valence-electron chi connectivity index (χ2n) is 7.97. The minimum atomic E-state index is -0.392. The van der Waals surface area contributed by atoms with E-state index >= 15 is 0 Å². The van der Waals surface area contributed by atoms with E-state index in [0.717, 1.165) is 35.7 Å². The summed E-state index contributed by atoms with van der Waals surface area (Å²) < 4.78 is 6.42. The van der Waals surface area contributed by atoms with Crippen LogP contribution in [-0.4, -0.2) is 28.3 Å². The van der Waals surface area contributed by atoms with Gasteiger partial charge in [0, 0.05) is 41.3 Å². The Morgan fingerprint density at radius 2 is 1.62 bits per heavy atom. The quantitative estimate of drug-likeness (QED) is 0.324. The highest BCUT2D eigenvalue weighted by molar-refractivity contribution is 7.98. The van der Waals surface area contributed by atoms with Gasteiger partial charge in [-0.05, 0) is 37.6 Å². The molecule has 1 atom stereocenters. The van der Waals surface area contributed by atoms with Crippen LogP contribution in [0.2, 0.25) is 0 Å². The van der Waals surface area contributed by atoms with Gasteiger partial charge < -0.3 is 15.0 Å². The van der Waals surface area contributed by atoms with Crippen molar-refractivity contribution in [2.45, 2.75) is 31.0 Å². The van der Waals surface area contributed by atoms with Gasteiger partial charge in [0.1, 0.15) is 0 Å². The minimum Gasteiger partial charge on any atom is -0.448 e. The number of nitrogens with zero attached hydrogens (tertiary/aromatic N) is 4. The molecule has 0 spiro atoms. The zero-order valence-electron chi connectivity index (χ0n) is 19.3. The molecule has 7 heteroatoms. The molecule has 0 saturated heterocycles. The van der Waals surface area contributed by atoms with Crippen LogP contribution in [0, 0.1) is 0 Å². The third-order valence-electron chi connectivity index (χ3n) is 5.87. The zero-order chi connectivity index (χ0) is 23.3. The Kier molecular flexibility index (Phi) is 6.62. The lowest BCUT2D eigenvalue weighted by molar-refractivity contribution is 0.225. The summed E-state index contributed by atoms with van der Waals surface area (Å²) in [6.07, 6.45) is -0.392. The fourth-order valence-electron chi connectivity index (χ4n) is 4.03. The van der Waals surface area contributed by atoms with Crippen molar-refractivity contribution >= 4 is 23.1 Å². The number of nitrogens with one attached hydrogen (secondary N) is 1. The van der Waals surface area contributed by atoms with Gasteiger partial charge in [0.15, 0.2) is 11.9 Å². The molecule has 1 aromatic heterocycles. The van der Waals surface area contributed by atoms with Crippen LogP contribution in [0.15, 0.2) is 84.0 Å². The van der Waals surface area contributed by atoms with Crippen LogP contribution in [-0.2, 0) is 5.75 Å². The predicted molar refractivity (Wildman–Crippen MR) is 138 cm³/mol. The normalized spacial score (nSPS) is 14.2. The average Bonchev–Trinajstić information content (AvgIpc) is 3.06. The first-order chi connectivity index (χ1) is 16.7. The third kappa shape index (κ3) is 4.70. The molecule has 0 radical (unpaired) electrons. The molecule has 2 heterocycles. The van der Waals surface area contributed by atoms with Crippen LogP contribution in [0.3, 0.4) is 0 Å². The van der Waals surface area contributed by atoms with Gasteiger partial charge in [-0.25, -0.2) is 0 Å². The Morgan fingerprint density at radius 1 is 0.882 bits per heavy atom. The van der Waals surface area contributed by atoms with Gasteiger partial charge in [-0.2, -0.15) is 4.98 Å². The van der Waals surface area contributed by atoms with Crippen LogP contribution in [0.1, 0.15) is 31.2 Å². The predicted octanol–water partition coefficient (Wildman–Crippen LogP) is 6.18. The molecule has 0 fully saturated rings. The summed E-state index contributed by atoms with van der Waals surface area (Å²) in [7, 11) is 0. The molecule has 6 nitrogen and oxygen atoms in total. The van der Waals surface area contributed by atoms with E-state index in [1.807, 2.05) is 42.5 Å². The molecule has 1 aliphatic heterocycles. The van der Waals surface area contributed by atoms with Gasteiger partial charge in [-0.3, -0.25) is 0 Å². The molecule has 1 N–H and O–H groups in total. The van der Waals surface area contributed by atoms with Crippen molar-refractivity contribution in [3.8, 4) is 17.1 Å². The molecular formula is C27H27N5OS. The lowest BCUT2D eigenvalue weighted by Crippen LogP contribution is -2.22. The molecule has 1 aliphatic rings. The molecule has 4 aromatic rings. The third-order valence-corrected chi connectivity index (χ3v) is 6.78. The molecule has 0 aliphatic carbocycles. The van der Waals surface area contributed by atoms with Crippen molar-refractivity contribution in [1.29, 1.82) is 0 Å². The fraction of sp³-hybridized carbons (Fsp3) is 0.222. The van der Waals surface area contributed by atoms with Gasteiger partial charge in [0.05, 0.1) is 0 Å². The van der Waals surface area contributed by atoms with Crippen LogP contribution >= 0.6 is 11.8 Å². The van der Waals surface area contributed by atoms with E-state index in [9.17, 15) is 0 Å². The van der Waals surface area contributed by atoms with E-state index in [1.54, 1.807) is 11.8 Å². The van der Waals surface area contributed by atoms with Crippen molar-refractivity contribution in [1.82, 2.24) is 15.2 Å². The van der Waals surface area contributed by atoms with Crippen molar-refractivity contribution in [3.05, 3.63) is 90.0 Å². The Morgan fingerprint density at radius 3 is 2.38 bits per heavy atom. The first-order valence-electron chi connectivity index (χ1n) is 11.5. The summed E-state index contributed by atoms with van der Waals surface area (Å²) in [4.78, 5) is 7.08. The highest BCUT2D eigenvalue weighted by Gasteiger charge is 2.26. The molecule has 3 aromatic carbocycles. The number of fused-ring (bicyclic) bond motifs is 3. The Labute approximate surface area is 204 Å². The second-order valence-corrected chi connectivity index (χ2v) is 8.92. The summed E-state index contributed by atoms with van der Waals surface area (Å²) in [6.45, 7) is 6.28. The van der Waals surface area contributed by atoms with E-state index in [1.165, 1.54) is 11.3 Å². The highest BCUT2D eigenvalue weighted by Crippen LogP contribution is 2.39. The number of hydrogen-bond donors (Lipinski definition) is 1. The number of ether oxygens (including phenoxy) is 1. The van der Waals surface area contributed by atoms with Crippen molar-refractivity contribution in [2.24, 2.45) is 0 Å². The van der Waals surface area contributed by atoms with Crippen LogP contribution in [0.5, 0.6) is 5.88 Å². The van der Waals surface area contributed by atoms with Gasteiger partial charge in [0.2, 0.25) is 11.0 Å². The SMILES string of the molecule is CCN(CC)c1ccc(C2Nc3ccccc3-c3nnc(SCc4ccccc4)nc3O2)cc1. The second kappa shape index (κ2) is 10.1. The zero-order valence-corrected chi connectivity index (χ0v) is 20.1. The first kappa shape index (κ1) is 22.2. The minimum absolute atomic E-state index is 0.392. The lowest BCUT2D eigenvalue weighted by atomic mass is 10.1. The molecule has 0 saturated carbocycles. The van der Waals surface area contributed by atoms with Gasteiger partial charge >= 0.3 is 0 Å². The van der Waals surface area contributed by atoms with Crippen LogP contribution in [0.4, 0.5) is 11.4 Å². The van der Waals surface area contributed by atoms with Crippen molar-refractivity contribution in [3.63, 3.8) is 0 Å². The fourth-order valence-corrected chi connectivity index (χ4v) is 4.76. The Bertz CT molecular complexity index is 1250. The topological polar surface area (TPSA) is 63.2 Å². The Hall–Kier alpha value is -3.58. The highest BCUT2D eigenvalue weighted by atomic mass is 32.2. The number of aromatic nitrogens is 3. The number of anilines is 2. The van der Waals surface area contributed by atoms with Crippen LogP contribution < -0.4 is 15.0 Å². The monoisotopic (exact) mass is 469 g/mol. The number of benzene rings is 3. The molecule has 1 unspecified atom stereocenters. The van der Waals surface area contributed by atoms with Gasteiger partial charge in [-0.15, -0.1) is 10.2 Å². The maximum Gasteiger partial charge on any atom is 0.247 e. The summed E-state index contributed by atoms with van der Waals surface area (Å²) in [5.74, 6) is 1.26. The van der Waals surface area contributed by atoms with Gasteiger partial charge in [-0.1, -0.05) is 72.4 Å².